The van der Waals surface area contributed by atoms with Crippen LogP contribution in [0.4, 0.5) is 0 Å². The molecule has 8 heteroatoms. The lowest BCUT2D eigenvalue weighted by molar-refractivity contribution is 0.186. The first-order valence-electron chi connectivity index (χ1n) is 8.22. The van der Waals surface area contributed by atoms with Gasteiger partial charge in [0.2, 0.25) is 0 Å². The van der Waals surface area contributed by atoms with Crippen molar-refractivity contribution in [2.75, 3.05) is 13.7 Å². The van der Waals surface area contributed by atoms with Gasteiger partial charge in [-0.25, -0.2) is 4.98 Å². The fraction of sp³-hybridized carbons (Fsp3) is 0.412. The molecule has 0 unspecified atom stereocenters. The standard InChI is InChI=1S/C17H22N6O2/c1-13(18-9-16-21-20-12-22(16)7-8-25-2)10-23-11-19-15-6-4-3-5-14(15)17(23)24/h3-6,11-13,18H,7-10H2,1-2H3/t13-/m0/s1. The molecule has 2 heterocycles. The zero-order chi connectivity index (χ0) is 17.6. The second-order valence-electron chi connectivity index (χ2n) is 5.93. The Morgan fingerprint density at radius 1 is 1.24 bits per heavy atom. The van der Waals surface area contributed by atoms with Crippen LogP contribution < -0.4 is 10.9 Å². The molecule has 0 aliphatic heterocycles. The molecular weight excluding hydrogens is 320 g/mol. The highest BCUT2D eigenvalue weighted by Crippen LogP contribution is 2.05. The molecule has 0 spiro atoms. The molecule has 0 bridgehead atoms. The molecule has 0 radical (unpaired) electrons. The summed E-state index contributed by atoms with van der Waals surface area (Å²) in [6.07, 6.45) is 3.29. The lowest BCUT2D eigenvalue weighted by atomic mass is 10.2. The van der Waals surface area contributed by atoms with Crippen LogP contribution >= 0.6 is 0 Å². The summed E-state index contributed by atoms with van der Waals surface area (Å²) in [5, 5.41) is 12.1. The van der Waals surface area contributed by atoms with Crippen LogP contribution in [0.5, 0.6) is 0 Å². The molecule has 0 aliphatic rings. The van der Waals surface area contributed by atoms with Gasteiger partial charge in [-0.2, -0.15) is 0 Å². The molecule has 3 aromatic rings. The Labute approximate surface area is 145 Å². The van der Waals surface area contributed by atoms with Crippen LogP contribution in [-0.4, -0.2) is 44.1 Å². The number of rotatable bonds is 8. The predicted octanol–water partition coefficient (Wildman–Crippen LogP) is 0.813. The summed E-state index contributed by atoms with van der Waals surface area (Å²) in [6.45, 7) is 4.45. The minimum Gasteiger partial charge on any atom is -0.383 e. The smallest absolute Gasteiger partial charge is 0.261 e. The molecule has 2 aromatic heterocycles. The first-order chi connectivity index (χ1) is 12.2. The van der Waals surface area contributed by atoms with E-state index >= 15 is 0 Å². The third-order valence-electron chi connectivity index (χ3n) is 4.04. The Morgan fingerprint density at radius 2 is 2.08 bits per heavy atom. The fourth-order valence-corrected chi connectivity index (χ4v) is 2.65. The number of nitrogens with one attached hydrogen (secondary N) is 1. The molecule has 0 saturated carbocycles. The van der Waals surface area contributed by atoms with Gasteiger partial charge < -0.3 is 14.6 Å². The second-order valence-corrected chi connectivity index (χ2v) is 5.93. The number of ether oxygens (including phenoxy) is 1. The first kappa shape index (κ1) is 17.2. The van der Waals surface area contributed by atoms with Crippen LogP contribution in [-0.2, 0) is 24.4 Å². The summed E-state index contributed by atoms with van der Waals surface area (Å²) in [5.41, 5.74) is 0.693. The van der Waals surface area contributed by atoms with Gasteiger partial charge in [-0.3, -0.25) is 9.36 Å². The summed E-state index contributed by atoms with van der Waals surface area (Å²) in [6, 6.07) is 7.45. The number of aromatic nitrogens is 5. The molecule has 3 rings (SSSR count). The zero-order valence-corrected chi connectivity index (χ0v) is 14.4. The van der Waals surface area contributed by atoms with Crippen molar-refractivity contribution in [3.05, 3.63) is 53.1 Å². The molecule has 0 aliphatic carbocycles. The molecule has 1 N–H and O–H groups in total. The summed E-state index contributed by atoms with van der Waals surface area (Å²) in [5.74, 6) is 0.841. The average molecular weight is 342 g/mol. The van der Waals surface area contributed by atoms with Crippen molar-refractivity contribution in [2.24, 2.45) is 0 Å². The van der Waals surface area contributed by atoms with E-state index in [2.05, 4.69) is 20.5 Å². The number of fused-ring (bicyclic) bond motifs is 1. The Kier molecular flexibility index (Phi) is 5.52. The SMILES string of the molecule is COCCn1cnnc1CN[C@@H](C)Cn1cnc2ccccc2c1=O. The van der Waals surface area contributed by atoms with Gasteiger partial charge in [0.15, 0.2) is 0 Å². The van der Waals surface area contributed by atoms with E-state index < -0.39 is 0 Å². The van der Waals surface area contributed by atoms with Gasteiger partial charge in [0.05, 0.1) is 30.4 Å². The van der Waals surface area contributed by atoms with E-state index in [1.54, 1.807) is 30.4 Å². The Bertz CT molecular complexity index is 888. The third-order valence-corrected chi connectivity index (χ3v) is 4.04. The highest BCUT2D eigenvalue weighted by molar-refractivity contribution is 5.76. The van der Waals surface area contributed by atoms with Gasteiger partial charge in [-0.05, 0) is 19.1 Å². The molecule has 25 heavy (non-hydrogen) atoms. The van der Waals surface area contributed by atoms with E-state index in [4.69, 9.17) is 4.74 Å². The van der Waals surface area contributed by atoms with Crippen molar-refractivity contribution in [3.8, 4) is 0 Å². The van der Waals surface area contributed by atoms with Crippen LogP contribution in [0.25, 0.3) is 10.9 Å². The van der Waals surface area contributed by atoms with Crippen LogP contribution in [0.2, 0.25) is 0 Å². The third kappa shape index (κ3) is 4.09. The van der Waals surface area contributed by atoms with Crippen molar-refractivity contribution in [1.29, 1.82) is 0 Å². The van der Waals surface area contributed by atoms with Gasteiger partial charge in [-0.15, -0.1) is 10.2 Å². The largest absolute Gasteiger partial charge is 0.383 e. The Balaban J connectivity index is 1.63. The number of methoxy groups -OCH3 is 1. The van der Waals surface area contributed by atoms with Gasteiger partial charge in [-0.1, -0.05) is 12.1 Å². The van der Waals surface area contributed by atoms with Crippen molar-refractivity contribution >= 4 is 10.9 Å². The van der Waals surface area contributed by atoms with Crippen LogP contribution in [0.3, 0.4) is 0 Å². The number of hydrogen-bond acceptors (Lipinski definition) is 6. The number of para-hydroxylation sites is 1. The fourth-order valence-electron chi connectivity index (χ4n) is 2.65. The Morgan fingerprint density at radius 3 is 2.92 bits per heavy atom. The molecule has 1 aromatic carbocycles. The van der Waals surface area contributed by atoms with E-state index in [1.165, 1.54) is 0 Å². The molecule has 0 amide bonds. The van der Waals surface area contributed by atoms with Gasteiger partial charge in [0, 0.05) is 26.2 Å². The predicted molar refractivity (Wildman–Crippen MR) is 94.2 cm³/mol. The lowest BCUT2D eigenvalue weighted by Crippen LogP contribution is -2.35. The lowest BCUT2D eigenvalue weighted by Gasteiger charge is -2.15. The summed E-state index contributed by atoms with van der Waals surface area (Å²) < 4.78 is 8.67. The van der Waals surface area contributed by atoms with E-state index in [-0.39, 0.29) is 11.6 Å². The minimum atomic E-state index is -0.0255. The van der Waals surface area contributed by atoms with Crippen LogP contribution in [0.1, 0.15) is 12.7 Å². The van der Waals surface area contributed by atoms with Crippen molar-refractivity contribution in [2.45, 2.75) is 32.6 Å². The van der Waals surface area contributed by atoms with Crippen molar-refractivity contribution in [1.82, 2.24) is 29.6 Å². The molecule has 0 fully saturated rings. The maximum absolute atomic E-state index is 12.5. The molecule has 0 saturated heterocycles. The van der Waals surface area contributed by atoms with Crippen molar-refractivity contribution < 1.29 is 4.74 Å². The van der Waals surface area contributed by atoms with E-state index in [1.807, 2.05) is 29.7 Å². The van der Waals surface area contributed by atoms with Gasteiger partial charge in [0.1, 0.15) is 12.2 Å². The maximum atomic E-state index is 12.5. The summed E-state index contributed by atoms with van der Waals surface area (Å²) in [7, 11) is 1.67. The number of nitrogens with zero attached hydrogens (tertiary/aromatic N) is 5. The topological polar surface area (TPSA) is 86.9 Å². The highest BCUT2D eigenvalue weighted by atomic mass is 16.5. The maximum Gasteiger partial charge on any atom is 0.261 e. The van der Waals surface area contributed by atoms with Crippen LogP contribution in [0.15, 0.2) is 41.7 Å². The average Bonchev–Trinajstić information content (AvgIpc) is 3.08. The number of hydrogen-bond donors (Lipinski definition) is 1. The number of benzene rings is 1. The van der Waals surface area contributed by atoms with Crippen molar-refractivity contribution in [3.63, 3.8) is 0 Å². The molecule has 8 nitrogen and oxygen atoms in total. The molecular formula is C17H22N6O2. The van der Waals surface area contributed by atoms with E-state index in [9.17, 15) is 4.79 Å². The molecule has 1 atom stereocenters. The van der Waals surface area contributed by atoms with Gasteiger partial charge >= 0.3 is 0 Å². The summed E-state index contributed by atoms with van der Waals surface area (Å²) in [4.78, 5) is 16.9. The normalized spacial score (nSPS) is 12.6. The minimum absolute atomic E-state index is 0.0255. The molecule has 132 valence electrons. The van der Waals surface area contributed by atoms with E-state index in [0.717, 1.165) is 11.3 Å². The zero-order valence-electron chi connectivity index (χ0n) is 14.4. The van der Waals surface area contributed by atoms with Gasteiger partial charge in [0.25, 0.3) is 5.56 Å². The quantitative estimate of drug-likeness (QED) is 0.652. The monoisotopic (exact) mass is 342 g/mol. The first-order valence-corrected chi connectivity index (χ1v) is 8.22. The second kappa shape index (κ2) is 8.00. The Hall–Kier alpha value is -2.58. The van der Waals surface area contributed by atoms with Crippen LogP contribution in [0, 0.1) is 0 Å². The summed E-state index contributed by atoms with van der Waals surface area (Å²) >= 11 is 0. The highest BCUT2D eigenvalue weighted by Gasteiger charge is 2.10. The van der Waals surface area contributed by atoms with E-state index in [0.29, 0.717) is 31.6 Å².